The first-order valence-corrected chi connectivity index (χ1v) is 6.59. The number of allylic oxidation sites excluding steroid dienone is 1. The minimum Gasteiger partial charge on any atom is -0.392 e. The fourth-order valence-corrected chi connectivity index (χ4v) is 1.95. The van der Waals surface area contributed by atoms with Crippen LogP contribution in [0, 0.1) is 0 Å². The Morgan fingerprint density at radius 2 is 2.24 bits per heavy atom. The molecule has 1 heterocycles. The van der Waals surface area contributed by atoms with E-state index in [0.717, 1.165) is 37.9 Å². The first kappa shape index (κ1) is 14.7. The van der Waals surface area contributed by atoms with Gasteiger partial charge in [-0.05, 0) is 52.9 Å². The molecule has 1 N–H and O–H groups in total. The molecule has 1 fully saturated rings. The average molecular weight is 242 g/mol. The maximum Gasteiger partial charge on any atom is 0.158 e. The van der Waals surface area contributed by atoms with Crippen molar-refractivity contribution in [3.05, 3.63) is 11.6 Å². The predicted octanol–water partition coefficient (Wildman–Crippen LogP) is 3.03. The van der Waals surface area contributed by atoms with Gasteiger partial charge in [0.25, 0.3) is 0 Å². The zero-order valence-corrected chi connectivity index (χ0v) is 11.4. The number of aliphatic hydroxyl groups excluding tert-OH is 1. The Balaban J connectivity index is 2.29. The van der Waals surface area contributed by atoms with Crippen LogP contribution in [-0.4, -0.2) is 30.2 Å². The summed E-state index contributed by atoms with van der Waals surface area (Å²) in [5, 5.41) is 8.91. The van der Waals surface area contributed by atoms with Gasteiger partial charge in [0, 0.05) is 6.61 Å². The van der Waals surface area contributed by atoms with Crippen LogP contribution in [-0.2, 0) is 9.47 Å². The second-order valence-corrected chi connectivity index (χ2v) is 5.42. The predicted molar refractivity (Wildman–Crippen MR) is 68.8 cm³/mol. The number of ether oxygens (including phenoxy) is 2. The van der Waals surface area contributed by atoms with Gasteiger partial charge in [0.05, 0.1) is 12.2 Å². The van der Waals surface area contributed by atoms with Gasteiger partial charge < -0.3 is 14.6 Å². The molecule has 1 aliphatic heterocycles. The van der Waals surface area contributed by atoms with Crippen molar-refractivity contribution >= 4 is 0 Å². The van der Waals surface area contributed by atoms with Gasteiger partial charge in [0.15, 0.2) is 6.29 Å². The molecule has 0 radical (unpaired) electrons. The zero-order chi connectivity index (χ0) is 12.7. The zero-order valence-electron chi connectivity index (χ0n) is 11.4. The van der Waals surface area contributed by atoms with Crippen molar-refractivity contribution in [3.8, 4) is 0 Å². The highest BCUT2D eigenvalue weighted by Crippen LogP contribution is 2.24. The first-order chi connectivity index (χ1) is 8.03. The Morgan fingerprint density at radius 1 is 1.47 bits per heavy atom. The smallest absolute Gasteiger partial charge is 0.158 e. The summed E-state index contributed by atoms with van der Waals surface area (Å²) in [4.78, 5) is 0. The third kappa shape index (κ3) is 6.20. The van der Waals surface area contributed by atoms with Gasteiger partial charge in [0.1, 0.15) is 0 Å². The van der Waals surface area contributed by atoms with Crippen LogP contribution in [0.4, 0.5) is 0 Å². The highest BCUT2D eigenvalue weighted by atomic mass is 16.7. The van der Waals surface area contributed by atoms with Crippen LogP contribution >= 0.6 is 0 Å². The van der Waals surface area contributed by atoms with Gasteiger partial charge in [-0.3, -0.25) is 0 Å². The molecule has 0 aromatic rings. The molecule has 0 saturated carbocycles. The molecule has 1 atom stereocenters. The van der Waals surface area contributed by atoms with Crippen molar-refractivity contribution in [2.75, 3.05) is 13.2 Å². The number of aliphatic hydroxyl groups is 1. The summed E-state index contributed by atoms with van der Waals surface area (Å²) in [6.45, 7) is 7.12. The normalized spacial score (nSPS) is 22.8. The number of rotatable bonds is 6. The quantitative estimate of drug-likeness (QED) is 0.728. The molecule has 0 bridgehead atoms. The van der Waals surface area contributed by atoms with Crippen LogP contribution in [0.5, 0.6) is 0 Å². The second-order valence-electron chi connectivity index (χ2n) is 5.42. The lowest BCUT2D eigenvalue weighted by molar-refractivity contribution is -0.216. The maximum absolute atomic E-state index is 8.91. The summed E-state index contributed by atoms with van der Waals surface area (Å²) in [6.07, 6.45) is 7.29. The van der Waals surface area contributed by atoms with Crippen molar-refractivity contribution < 1.29 is 14.6 Å². The van der Waals surface area contributed by atoms with Gasteiger partial charge in [-0.2, -0.15) is 0 Å². The van der Waals surface area contributed by atoms with E-state index in [0.29, 0.717) is 0 Å². The standard InChI is InChI=1S/C14H26O3/c1-12(11-15)7-6-9-14(2,3)17-13-8-4-5-10-16-13/h7,13,15H,4-6,8-11H2,1-3H3/b12-7+. The van der Waals surface area contributed by atoms with Gasteiger partial charge in [-0.25, -0.2) is 0 Å². The van der Waals surface area contributed by atoms with E-state index in [1.807, 2.05) is 6.92 Å². The van der Waals surface area contributed by atoms with Crippen LogP contribution in [0.1, 0.15) is 52.9 Å². The van der Waals surface area contributed by atoms with Crippen LogP contribution in [0.15, 0.2) is 11.6 Å². The van der Waals surface area contributed by atoms with Gasteiger partial charge >= 0.3 is 0 Å². The first-order valence-electron chi connectivity index (χ1n) is 6.59. The highest BCUT2D eigenvalue weighted by Gasteiger charge is 2.24. The van der Waals surface area contributed by atoms with Gasteiger partial charge in [-0.15, -0.1) is 0 Å². The molecule has 0 aromatic heterocycles. The summed E-state index contributed by atoms with van der Waals surface area (Å²) in [7, 11) is 0. The molecule has 3 heteroatoms. The largest absolute Gasteiger partial charge is 0.392 e. The van der Waals surface area contributed by atoms with E-state index in [9.17, 15) is 0 Å². The fourth-order valence-electron chi connectivity index (χ4n) is 1.95. The fraction of sp³-hybridized carbons (Fsp3) is 0.857. The van der Waals surface area contributed by atoms with E-state index in [1.165, 1.54) is 6.42 Å². The molecule has 1 aliphatic rings. The molecule has 17 heavy (non-hydrogen) atoms. The Labute approximate surface area is 105 Å². The van der Waals surface area contributed by atoms with E-state index in [2.05, 4.69) is 19.9 Å². The van der Waals surface area contributed by atoms with E-state index in [1.54, 1.807) is 0 Å². The van der Waals surface area contributed by atoms with Crippen LogP contribution < -0.4 is 0 Å². The van der Waals surface area contributed by atoms with Gasteiger partial charge in [0.2, 0.25) is 0 Å². The number of hydrogen-bond acceptors (Lipinski definition) is 3. The third-order valence-corrected chi connectivity index (χ3v) is 3.08. The molecule has 3 nitrogen and oxygen atoms in total. The molecule has 1 saturated heterocycles. The van der Waals surface area contributed by atoms with E-state index in [-0.39, 0.29) is 18.5 Å². The molecule has 0 spiro atoms. The topological polar surface area (TPSA) is 38.7 Å². The minimum atomic E-state index is -0.158. The van der Waals surface area contributed by atoms with E-state index in [4.69, 9.17) is 14.6 Å². The highest BCUT2D eigenvalue weighted by molar-refractivity contribution is 4.98. The van der Waals surface area contributed by atoms with Crippen molar-refractivity contribution in [3.63, 3.8) is 0 Å². The van der Waals surface area contributed by atoms with Crippen molar-refractivity contribution in [2.45, 2.75) is 64.8 Å². The van der Waals surface area contributed by atoms with Crippen molar-refractivity contribution in [1.82, 2.24) is 0 Å². The maximum atomic E-state index is 8.91. The molecule has 0 aromatic carbocycles. The molecular formula is C14H26O3. The van der Waals surface area contributed by atoms with Crippen LogP contribution in [0.3, 0.4) is 0 Å². The molecule has 0 aliphatic carbocycles. The Bertz CT molecular complexity index is 240. The molecular weight excluding hydrogens is 216 g/mol. The molecule has 0 amide bonds. The van der Waals surface area contributed by atoms with Crippen LogP contribution in [0.2, 0.25) is 0 Å². The van der Waals surface area contributed by atoms with E-state index >= 15 is 0 Å². The van der Waals surface area contributed by atoms with Crippen molar-refractivity contribution in [2.24, 2.45) is 0 Å². The average Bonchev–Trinajstić information content (AvgIpc) is 2.29. The van der Waals surface area contributed by atoms with Gasteiger partial charge in [-0.1, -0.05) is 11.6 Å². The minimum absolute atomic E-state index is 0.0262. The lowest BCUT2D eigenvalue weighted by Crippen LogP contribution is -2.34. The molecule has 1 rings (SSSR count). The van der Waals surface area contributed by atoms with E-state index < -0.39 is 0 Å². The summed E-state index contributed by atoms with van der Waals surface area (Å²) in [5.41, 5.74) is 0.864. The Morgan fingerprint density at radius 3 is 2.82 bits per heavy atom. The van der Waals surface area contributed by atoms with Crippen LogP contribution in [0.25, 0.3) is 0 Å². The summed E-state index contributed by atoms with van der Waals surface area (Å²) in [5.74, 6) is 0. The third-order valence-electron chi connectivity index (χ3n) is 3.08. The summed E-state index contributed by atoms with van der Waals surface area (Å²) < 4.78 is 11.6. The SMILES string of the molecule is C/C(=C\CCC(C)(C)OC1CCCCO1)CO. The molecule has 1 unspecified atom stereocenters. The molecule has 100 valence electrons. The lowest BCUT2D eigenvalue weighted by atomic mass is 10.0. The van der Waals surface area contributed by atoms with Crippen molar-refractivity contribution in [1.29, 1.82) is 0 Å². The summed E-state index contributed by atoms with van der Waals surface area (Å²) >= 11 is 0. The monoisotopic (exact) mass is 242 g/mol. The Kier molecular flexibility index (Phi) is 6.17. The second kappa shape index (κ2) is 7.14. The lowest BCUT2D eigenvalue weighted by Gasteiger charge is -2.32. The summed E-state index contributed by atoms with van der Waals surface area (Å²) in [6, 6.07) is 0. The number of hydrogen-bond donors (Lipinski definition) is 1. The Hall–Kier alpha value is -0.380.